The van der Waals surface area contributed by atoms with Crippen molar-refractivity contribution in [3.63, 3.8) is 0 Å². The van der Waals surface area contributed by atoms with Crippen molar-refractivity contribution in [1.29, 1.82) is 0 Å². The first kappa shape index (κ1) is 33.0. The fourth-order valence-corrected chi connectivity index (χ4v) is 6.19. The van der Waals surface area contributed by atoms with Crippen LogP contribution in [0.3, 0.4) is 0 Å². The molecule has 1 saturated heterocycles. The number of anilines is 1. The van der Waals surface area contributed by atoms with Crippen LogP contribution in [0.5, 0.6) is 28.7 Å². The van der Waals surface area contributed by atoms with Crippen molar-refractivity contribution in [3.8, 4) is 34.4 Å². The number of rotatable bonds is 11. The number of pyridine rings is 2. The van der Waals surface area contributed by atoms with Gasteiger partial charge in [0, 0.05) is 80.0 Å². The lowest BCUT2D eigenvalue weighted by Crippen LogP contribution is -2.61. The van der Waals surface area contributed by atoms with Gasteiger partial charge in [-0.15, -0.1) is 0 Å². The number of carbonyl (C=O) groups excluding carboxylic acids is 1. The smallest absolute Gasteiger partial charge is 0.271 e. The van der Waals surface area contributed by atoms with Crippen molar-refractivity contribution in [2.24, 2.45) is 0 Å². The maximum Gasteiger partial charge on any atom is 0.271 e. The first-order chi connectivity index (χ1) is 24.1. The summed E-state index contributed by atoms with van der Waals surface area (Å²) >= 11 is 0. The number of hydrogen-bond acceptors (Lipinski definition) is 9. The highest BCUT2D eigenvalue weighted by molar-refractivity contribution is 6.06. The van der Waals surface area contributed by atoms with Crippen LogP contribution in [0.25, 0.3) is 16.6 Å². The molecule has 11 nitrogen and oxygen atoms in total. The minimum atomic E-state index is -0.777. The fourth-order valence-electron chi connectivity index (χ4n) is 6.19. The van der Waals surface area contributed by atoms with Crippen LogP contribution >= 0.6 is 0 Å². The number of nitrogens with zero attached hydrogens (tertiary/aromatic N) is 3. The van der Waals surface area contributed by atoms with Gasteiger partial charge < -0.3 is 29.0 Å². The van der Waals surface area contributed by atoms with Crippen molar-refractivity contribution in [2.45, 2.75) is 18.9 Å². The average Bonchev–Trinajstić information content (AvgIpc) is 3.56. The maximum atomic E-state index is 15.5. The molecule has 5 aromatic rings. The standard InChI is InChI=1S/C37H34F2N4O7/c1-37(47-3)20-42(21-37)13-15-48-32-18-28-26(17-31(32)46-2)29(10-12-40-28)50-30-9-6-24(16-27(30)39)41-35(44)33-34-22(11-14-49-34)19-43(36(33)45)25-7-4-23(38)5-8-25/h4-10,12,16-19H,11,13-15,20-21H2,1-3H3,(H,41,44). The Labute approximate surface area is 285 Å². The van der Waals surface area contributed by atoms with E-state index in [2.05, 4.69) is 22.1 Å². The first-order valence-electron chi connectivity index (χ1n) is 16.0. The number of amides is 1. The van der Waals surface area contributed by atoms with Crippen molar-refractivity contribution in [3.05, 3.63) is 106 Å². The van der Waals surface area contributed by atoms with Crippen LogP contribution < -0.4 is 29.8 Å². The van der Waals surface area contributed by atoms with Crippen LogP contribution in [0.1, 0.15) is 22.8 Å². The van der Waals surface area contributed by atoms with Gasteiger partial charge in [0.15, 0.2) is 23.1 Å². The number of aromatic nitrogens is 2. The van der Waals surface area contributed by atoms with Crippen LogP contribution in [0.4, 0.5) is 14.5 Å². The highest BCUT2D eigenvalue weighted by Crippen LogP contribution is 2.38. The summed E-state index contributed by atoms with van der Waals surface area (Å²) in [4.78, 5) is 33.6. The molecule has 1 N–H and O–H groups in total. The van der Waals surface area contributed by atoms with Crippen molar-refractivity contribution >= 4 is 22.5 Å². The van der Waals surface area contributed by atoms with E-state index in [1.54, 1.807) is 37.7 Å². The summed E-state index contributed by atoms with van der Waals surface area (Å²) in [7, 11) is 3.25. The lowest BCUT2D eigenvalue weighted by Gasteiger charge is -2.46. The quantitative estimate of drug-likeness (QED) is 0.186. The molecule has 50 heavy (non-hydrogen) atoms. The summed E-state index contributed by atoms with van der Waals surface area (Å²) in [5.41, 5.74) is 0.671. The van der Waals surface area contributed by atoms with Gasteiger partial charge in [-0.3, -0.25) is 24.0 Å². The van der Waals surface area contributed by atoms with E-state index in [-0.39, 0.29) is 28.4 Å². The van der Waals surface area contributed by atoms with Gasteiger partial charge in [0.1, 0.15) is 29.5 Å². The van der Waals surface area contributed by atoms with Crippen LogP contribution in [-0.4, -0.2) is 73.0 Å². The van der Waals surface area contributed by atoms with E-state index in [9.17, 15) is 14.0 Å². The van der Waals surface area contributed by atoms with Crippen molar-refractivity contribution < 1.29 is 37.3 Å². The number of methoxy groups -OCH3 is 2. The van der Waals surface area contributed by atoms with Crippen LogP contribution in [0, 0.1) is 11.6 Å². The number of hydrogen-bond donors (Lipinski definition) is 1. The molecule has 7 rings (SSSR count). The molecule has 4 heterocycles. The minimum absolute atomic E-state index is 0.0938. The monoisotopic (exact) mass is 684 g/mol. The Bertz CT molecular complexity index is 2150. The lowest BCUT2D eigenvalue weighted by atomic mass is 9.97. The van der Waals surface area contributed by atoms with Crippen LogP contribution in [0.15, 0.2) is 77.9 Å². The zero-order valence-electron chi connectivity index (χ0n) is 27.6. The molecule has 1 amide bonds. The lowest BCUT2D eigenvalue weighted by molar-refractivity contribution is -0.112. The van der Waals surface area contributed by atoms with E-state index < -0.39 is 23.1 Å². The van der Waals surface area contributed by atoms with Gasteiger partial charge in [-0.25, -0.2) is 8.78 Å². The largest absolute Gasteiger partial charge is 0.493 e. The summed E-state index contributed by atoms with van der Waals surface area (Å²) in [6.07, 6.45) is 3.61. The number of likely N-dealkylation sites (tertiary alicyclic amines) is 1. The molecule has 0 aliphatic carbocycles. The molecule has 2 aliphatic rings. The second-order valence-electron chi connectivity index (χ2n) is 12.4. The van der Waals surface area contributed by atoms with Gasteiger partial charge in [0.2, 0.25) is 0 Å². The molecule has 0 radical (unpaired) electrons. The Morgan fingerprint density at radius 2 is 1.80 bits per heavy atom. The molecule has 2 aliphatic heterocycles. The zero-order chi connectivity index (χ0) is 35.0. The van der Waals surface area contributed by atoms with Crippen molar-refractivity contribution in [2.75, 3.05) is 52.4 Å². The van der Waals surface area contributed by atoms with E-state index in [0.717, 1.165) is 25.7 Å². The van der Waals surface area contributed by atoms with E-state index in [1.165, 1.54) is 48.1 Å². The Morgan fingerprint density at radius 1 is 1.00 bits per heavy atom. The summed E-state index contributed by atoms with van der Waals surface area (Å²) in [6.45, 7) is 5.19. The molecule has 0 spiro atoms. The third-order valence-corrected chi connectivity index (χ3v) is 8.86. The van der Waals surface area contributed by atoms with Crippen LogP contribution in [0.2, 0.25) is 0 Å². The number of halogens is 2. The molecule has 0 saturated carbocycles. The number of nitrogens with one attached hydrogen (secondary N) is 1. The molecule has 2 aromatic heterocycles. The Morgan fingerprint density at radius 3 is 2.54 bits per heavy atom. The van der Waals surface area contributed by atoms with Gasteiger partial charge >= 0.3 is 0 Å². The summed E-state index contributed by atoms with van der Waals surface area (Å²) in [5, 5.41) is 3.17. The Kier molecular flexibility index (Phi) is 8.85. The molecule has 1 fully saturated rings. The molecular formula is C37H34F2N4O7. The van der Waals surface area contributed by atoms with Gasteiger partial charge in [-0.2, -0.15) is 0 Å². The molecule has 0 bridgehead atoms. The topological polar surface area (TPSA) is 113 Å². The zero-order valence-corrected chi connectivity index (χ0v) is 27.6. The van der Waals surface area contributed by atoms with E-state index in [0.29, 0.717) is 59.0 Å². The molecule has 258 valence electrons. The van der Waals surface area contributed by atoms with Gasteiger partial charge in [0.05, 0.1) is 24.8 Å². The Balaban J connectivity index is 1.08. The number of fused-ring (bicyclic) bond motifs is 2. The fraction of sp³-hybridized carbons (Fsp3) is 0.270. The SMILES string of the molecule is COc1cc2c(Oc3ccc(NC(=O)c4c5c(cn(-c6ccc(F)cc6)c4=O)CCO5)cc3F)ccnc2cc1OCCN1CC(C)(OC)C1. The number of benzene rings is 3. The molecule has 13 heteroatoms. The van der Waals surface area contributed by atoms with E-state index >= 15 is 4.39 Å². The van der Waals surface area contributed by atoms with Gasteiger partial charge in [-0.1, -0.05) is 0 Å². The van der Waals surface area contributed by atoms with E-state index in [1.807, 2.05) is 0 Å². The second-order valence-corrected chi connectivity index (χ2v) is 12.4. The maximum absolute atomic E-state index is 15.5. The van der Waals surface area contributed by atoms with E-state index in [4.69, 9.17) is 23.7 Å². The average molecular weight is 685 g/mol. The second kappa shape index (κ2) is 13.4. The predicted molar refractivity (Wildman–Crippen MR) is 181 cm³/mol. The number of ether oxygens (including phenoxy) is 5. The van der Waals surface area contributed by atoms with Gasteiger partial charge in [-0.05, 0) is 55.5 Å². The highest BCUT2D eigenvalue weighted by Gasteiger charge is 2.38. The van der Waals surface area contributed by atoms with Gasteiger partial charge in [0.25, 0.3) is 11.5 Å². The van der Waals surface area contributed by atoms with Crippen molar-refractivity contribution in [1.82, 2.24) is 14.5 Å². The highest BCUT2D eigenvalue weighted by atomic mass is 19.1. The molecule has 3 aromatic carbocycles. The summed E-state index contributed by atoms with van der Waals surface area (Å²) in [5.74, 6) is -0.610. The first-order valence-corrected chi connectivity index (χ1v) is 16.0. The third-order valence-electron chi connectivity index (χ3n) is 8.86. The molecule has 0 unspecified atom stereocenters. The molecular weight excluding hydrogens is 650 g/mol. The minimum Gasteiger partial charge on any atom is -0.493 e. The molecule has 0 atom stereocenters. The predicted octanol–water partition coefficient (Wildman–Crippen LogP) is 5.75. The van der Waals surface area contributed by atoms with Crippen LogP contribution in [-0.2, 0) is 11.2 Å². The number of carbonyl (C=O) groups is 1. The summed E-state index contributed by atoms with van der Waals surface area (Å²) in [6, 6.07) is 14.3. The Hall–Kier alpha value is -5.53. The summed E-state index contributed by atoms with van der Waals surface area (Å²) < 4.78 is 59.0. The third kappa shape index (κ3) is 6.44. The normalized spacial score (nSPS) is 14.8.